The minimum absolute atomic E-state index is 0.0335. The summed E-state index contributed by atoms with van der Waals surface area (Å²) in [5, 5.41) is 0. The third-order valence-electron chi connectivity index (χ3n) is 4.88. The molecule has 29 heavy (non-hydrogen) atoms. The van der Waals surface area contributed by atoms with Crippen molar-refractivity contribution in [3.8, 4) is 0 Å². The van der Waals surface area contributed by atoms with E-state index in [-0.39, 0.29) is 16.8 Å². The van der Waals surface area contributed by atoms with Crippen LogP contribution in [0.15, 0.2) is 89.8 Å². The van der Waals surface area contributed by atoms with E-state index < -0.39 is 10.0 Å². The zero-order valence-electron chi connectivity index (χ0n) is 15.9. The van der Waals surface area contributed by atoms with Crippen molar-refractivity contribution in [1.82, 2.24) is 4.90 Å². The van der Waals surface area contributed by atoms with Crippen LogP contribution in [0, 0.1) is 0 Å². The highest BCUT2D eigenvalue weighted by atomic mass is 32.2. The molecule has 3 aromatic carbocycles. The predicted molar refractivity (Wildman–Crippen MR) is 113 cm³/mol. The van der Waals surface area contributed by atoms with E-state index in [4.69, 9.17) is 0 Å². The first-order chi connectivity index (χ1) is 14.0. The smallest absolute Gasteiger partial charge is 0.261 e. The van der Waals surface area contributed by atoms with Crippen LogP contribution in [0.4, 0.5) is 5.69 Å². The fourth-order valence-corrected chi connectivity index (χ4v) is 4.27. The number of rotatable bonds is 7. The van der Waals surface area contributed by atoms with Crippen molar-refractivity contribution in [1.29, 1.82) is 0 Å². The van der Waals surface area contributed by atoms with Crippen LogP contribution in [-0.4, -0.2) is 25.3 Å². The summed E-state index contributed by atoms with van der Waals surface area (Å²) in [6.45, 7) is 0.576. The van der Waals surface area contributed by atoms with Gasteiger partial charge in [-0.2, -0.15) is 0 Å². The zero-order valence-corrected chi connectivity index (χ0v) is 16.7. The Morgan fingerprint density at radius 1 is 0.862 bits per heavy atom. The van der Waals surface area contributed by atoms with Gasteiger partial charge in [0.2, 0.25) is 0 Å². The first-order valence-corrected chi connectivity index (χ1v) is 11.0. The van der Waals surface area contributed by atoms with Crippen LogP contribution >= 0.6 is 0 Å². The summed E-state index contributed by atoms with van der Waals surface area (Å²) in [6, 6.07) is 25.0. The van der Waals surface area contributed by atoms with E-state index in [1.807, 2.05) is 35.2 Å². The van der Waals surface area contributed by atoms with Gasteiger partial charge in [0.05, 0.1) is 4.90 Å². The van der Waals surface area contributed by atoms with Crippen LogP contribution in [0.3, 0.4) is 0 Å². The number of carbonyl (C=O) groups is 1. The third-order valence-corrected chi connectivity index (χ3v) is 6.28. The van der Waals surface area contributed by atoms with E-state index >= 15 is 0 Å². The Hall–Kier alpha value is -3.12. The lowest BCUT2D eigenvalue weighted by Crippen LogP contribution is -2.32. The molecular weight excluding hydrogens is 384 g/mol. The predicted octanol–water partition coefficient (Wildman–Crippen LogP) is 4.29. The SMILES string of the molecule is O=C(c1ccc(NS(=O)(=O)c2ccccc2)cc1)N(Cc1ccccc1)C1CC1. The molecule has 1 fully saturated rings. The Kier molecular flexibility index (Phi) is 5.36. The molecule has 148 valence electrons. The molecule has 1 aliphatic carbocycles. The Morgan fingerprint density at radius 3 is 2.03 bits per heavy atom. The lowest BCUT2D eigenvalue weighted by Gasteiger charge is -2.23. The molecule has 0 saturated heterocycles. The van der Waals surface area contributed by atoms with E-state index in [9.17, 15) is 13.2 Å². The van der Waals surface area contributed by atoms with Crippen LogP contribution in [0.1, 0.15) is 28.8 Å². The monoisotopic (exact) mass is 406 g/mol. The first-order valence-electron chi connectivity index (χ1n) is 9.56. The van der Waals surface area contributed by atoms with Crippen LogP contribution < -0.4 is 4.72 Å². The number of nitrogens with zero attached hydrogens (tertiary/aromatic N) is 1. The van der Waals surface area contributed by atoms with Gasteiger partial charge in [-0.05, 0) is 54.8 Å². The van der Waals surface area contributed by atoms with Crippen molar-refractivity contribution in [2.75, 3.05) is 4.72 Å². The van der Waals surface area contributed by atoms with Crippen molar-refractivity contribution in [3.63, 3.8) is 0 Å². The number of nitrogens with one attached hydrogen (secondary N) is 1. The van der Waals surface area contributed by atoms with E-state index in [0.29, 0.717) is 17.8 Å². The quantitative estimate of drug-likeness (QED) is 0.636. The molecule has 6 heteroatoms. The van der Waals surface area contributed by atoms with Gasteiger partial charge in [-0.15, -0.1) is 0 Å². The summed E-state index contributed by atoms with van der Waals surface area (Å²) >= 11 is 0. The second kappa shape index (κ2) is 8.09. The van der Waals surface area contributed by atoms with E-state index in [1.54, 1.807) is 42.5 Å². The molecule has 4 rings (SSSR count). The highest BCUT2D eigenvalue weighted by Gasteiger charge is 2.33. The third kappa shape index (κ3) is 4.66. The van der Waals surface area contributed by atoms with Gasteiger partial charge in [-0.1, -0.05) is 48.5 Å². The zero-order chi connectivity index (χ0) is 20.3. The molecule has 1 amide bonds. The Balaban J connectivity index is 1.48. The van der Waals surface area contributed by atoms with E-state index in [2.05, 4.69) is 4.72 Å². The van der Waals surface area contributed by atoms with Gasteiger partial charge in [0.25, 0.3) is 15.9 Å². The summed E-state index contributed by atoms with van der Waals surface area (Å²) in [6.07, 6.45) is 2.04. The molecule has 1 saturated carbocycles. The topological polar surface area (TPSA) is 66.5 Å². The van der Waals surface area contributed by atoms with Crippen molar-refractivity contribution in [2.45, 2.75) is 30.3 Å². The summed E-state index contributed by atoms with van der Waals surface area (Å²) in [7, 11) is -3.65. The molecule has 3 aromatic rings. The maximum Gasteiger partial charge on any atom is 0.261 e. The highest BCUT2D eigenvalue weighted by molar-refractivity contribution is 7.92. The lowest BCUT2D eigenvalue weighted by molar-refractivity contribution is 0.0730. The average molecular weight is 407 g/mol. The number of hydrogen-bond donors (Lipinski definition) is 1. The second-order valence-corrected chi connectivity index (χ2v) is 8.83. The van der Waals surface area contributed by atoms with E-state index in [0.717, 1.165) is 18.4 Å². The first kappa shape index (κ1) is 19.2. The van der Waals surface area contributed by atoms with Crippen LogP contribution in [0.5, 0.6) is 0 Å². The Labute approximate surface area is 171 Å². The summed E-state index contributed by atoms with van der Waals surface area (Å²) < 4.78 is 27.4. The standard InChI is InChI=1S/C23H22N2O3S/c26-23(25(21-15-16-21)17-18-7-3-1-4-8-18)19-11-13-20(14-12-19)24-29(27,28)22-9-5-2-6-10-22/h1-14,21,24H,15-17H2. The number of hydrogen-bond acceptors (Lipinski definition) is 3. The van der Waals surface area contributed by atoms with Gasteiger partial charge in [-0.3, -0.25) is 9.52 Å². The van der Waals surface area contributed by atoms with Gasteiger partial charge in [-0.25, -0.2) is 8.42 Å². The van der Waals surface area contributed by atoms with E-state index in [1.165, 1.54) is 12.1 Å². The number of benzene rings is 3. The molecule has 0 radical (unpaired) electrons. The van der Waals surface area contributed by atoms with Crippen LogP contribution in [0.25, 0.3) is 0 Å². The Morgan fingerprint density at radius 2 is 1.45 bits per heavy atom. The molecule has 0 spiro atoms. The fourth-order valence-electron chi connectivity index (χ4n) is 3.19. The Bertz CT molecular complexity index is 1080. The summed E-state index contributed by atoms with van der Waals surface area (Å²) in [5.74, 6) is -0.0335. The molecule has 5 nitrogen and oxygen atoms in total. The maximum atomic E-state index is 13.0. The molecular formula is C23H22N2O3S. The number of anilines is 1. The molecule has 0 atom stereocenters. The average Bonchev–Trinajstić information content (AvgIpc) is 3.58. The van der Waals surface area contributed by atoms with Crippen LogP contribution in [0.2, 0.25) is 0 Å². The molecule has 0 bridgehead atoms. The summed E-state index contributed by atoms with van der Waals surface area (Å²) in [4.78, 5) is 15.1. The van der Waals surface area contributed by atoms with Crippen molar-refractivity contribution in [2.24, 2.45) is 0 Å². The highest BCUT2D eigenvalue weighted by Crippen LogP contribution is 2.30. The lowest BCUT2D eigenvalue weighted by atomic mass is 10.1. The van der Waals surface area contributed by atoms with Gasteiger partial charge < -0.3 is 4.90 Å². The molecule has 0 unspecified atom stereocenters. The number of carbonyl (C=O) groups excluding carboxylic acids is 1. The van der Waals surface area contributed by atoms with Gasteiger partial charge in [0, 0.05) is 23.8 Å². The van der Waals surface area contributed by atoms with Gasteiger partial charge in [0.1, 0.15) is 0 Å². The van der Waals surface area contributed by atoms with Gasteiger partial charge >= 0.3 is 0 Å². The second-order valence-electron chi connectivity index (χ2n) is 7.15. The van der Waals surface area contributed by atoms with Crippen molar-refractivity contribution >= 4 is 21.6 Å². The number of amides is 1. The molecule has 0 aromatic heterocycles. The molecule has 0 heterocycles. The van der Waals surface area contributed by atoms with Gasteiger partial charge in [0.15, 0.2) is 0 Å². The molecule has 0 aliphatic heterocycles. The summed E-state index contributed by atoms with van der Waals surface area (Å²) in [5.41, 5.74) is 2.07. The fraction of sp³-hybridized carbons (Fsp3) is 0.174. The minimum Gasteiger partial charge on any atom is -0.331 e. The molecule has 1 aliphatic rings. The van der Waals surface area contributed by atoms with Crippen molar-refractivity contribution in [3.05, 3.63) is 96.1 Å². The molecule has 1 N–H and O–H groups in total. The number of sulfonamides is 1. The normalized spacial score (nSPS) is 13.7. The maximum absolute atomic E-state index is 13.0. The van der Waals surface area contributed by atoms with Crippen molar-refractivity contribution < 1.29 is 13.2 Å². The van der Waals surface area contributed by atoms with Crippen LogP contribution in [-0.2, 0) is 16.6 Å². The largest absolute Gasteiger partial charge is 0.331 e. The minimum atomic E-state index is -3.65.